The van der Waals surface area contributed by atoms with Gasteiger partial charge in [0.1, 0.15) is 0 Å². The number of fused-ring (bicyclic) bond motifs is 1. The first-order chi connectivity index (χ1) is 12.4. The van der Waals surface area contributed by atoms with Gasteiger partial charge in [0.05, 0.1) is 16.4 Å². The van der Waals surface area contributed by atoms with Crippen LogP contribution in [0.1, 0.15) is 20.8 Å². The van der Waals surface area contributed by atoms with Gasteiger partial charge >= 0.3 is 0 Å². The molecule has 0 fully saturated rings. The maximum Gasteiger partial charge on any atom is 0.284 e. The summed E-state index contributed by atoms with van der Waals surface area (Å²) < 4.78 is 28.1. The highest BCUT2D eigenvalue weighted by Crippen LogP contribution is 2.26. The van der Waals surface area contributed by atoms with E-state index in [0.717, 1.165) is 15.6 Å². The van der Waals surface area contributed by atoms with E-state index in [1.165, 1.54) is 23.5 Å². The number of hydroxylamine groups is 1. The Hall–Kier alpha value is -2.30. The monoisotopic (exact) mass is 392 g/mol. The molecule has 0 spiro atoms. The predicted octanol–water partition coefficient (Wildman–Crippen LogP) is 1.99. The van der Waals surface area contributed by atoms with Crippen LogP contribution in [0.15, 0.2) is 53.4 Å². The van der Waals surface area contributed by atoms with Gasteiger partial charge in [0.25, 0.3) is 5.91 Å². The van der Waals surface area contributed by atoms with Gasteiger partial charge in [-0.3, -0.25) is 10.0 Å². The zero-order chi connectivity index (χ0) is 18.7. The molecule has 136 valence electrons. The minimum atomic E-state index is -3.71. The summed E-state index contributed by atoms with van der Waals surface area (Å²) in [4.78, 5) is 11.9. The molecule has 0 bridgehead atoms. The second-order valence-electron chi connectivity index (χ2n) is 5.55. The first kappa shape index (κ1) is 18.5. The number of sulfonamides is 1. The number of aliphatic hydroxyl groups excluding tert-OH is 1. The molecule has 7 nitrogen and oxygen atoms in total. The molecule has 0 unspecified atom stereocenters. The van der Waals surface area contributed by atoms with Gasteiger partial charge in [0.15, 0.2) is 0 Å². The third-order valence-corrected chi connectivity index (χ3v) is 6.26. The SMILES string of the molecule is O=C(NO)c1cc2ccc(CNS(=O)(=O)c3cccc(CO)c3)cc2s1. The number of thiophene rings is 1. The molecule has 0 atom stereocenters. The van der Waals surface area contributed by atoms with Gasteiger partial charge in [-0.15, -0.1) is 11.3 Å². The second-order valence-corrected chi connectivity index (χ2v) is 8.40. The number of carbonyl (C=O) groups is 1. The summed E-state index contributed by atoms with van der Waals surface area (Å²) in [6.07, 6.45) is 0. The number of carbonyl (C=O) groups excluding carboxylic acids is 1. The van der Waals surface area contributed by atoms with Gasteiger partial charge < -0.3 is 5.11 Å². The van der Waals surface area contributed by atoms with Crippen molar-refractivity contribution in [1.82, 2.24) is 10.2 Å². The Morgan fingerprint density at radius 2 is 1.88 bits per heavy atom. The Morgan fingerprint density at radius 1 is 1.08 bits per heavy atom. The average molecular weight is 392 g/mol. The average Bonchev–Trinajstić information content (AvgIpc) is 3.09. The van der Waals surface area contributed by atoms with Crippen LogP contribution in [0.5, 0.6) is 0 Å². The van der Waals surface area contributed by atoms with Gasteiger partial charge in [-0.1, -0.05) is 24.3 Å². The molecule has 1 aromatic heterocycles. The van der Waals surface area contributed by atoms with Crippen molar-refractivity contribution in [1.29, 1.82) is 0 Å². The van der Waals surface area contributed by atoms with E-state index in [0.29, 0.717) is 10.4 Å². The predicted molar refractivity (Wildman–Crippen MR) is 97.5 cm³/mol. The lowest BCUT2D eigenvalue weighted by molar-refractivity contribution is 0.0711. The van der Waals surface area contributed by atoms with E-state index in [9.17, 15) is 13.2 Å². The lowest BCUT2D eigenvalue weighted by Crippen LogP contribution is -2.23. The van der Waals surface area contributed by atoms with E-state index in [1.54, 1.807) is 41.9 Å². The number of rotatable bonds is 6. The van der Waals surface area contributed by atoms with Crippen molar-refractivity contribution in [3.63, 3.8) is 0 Å². The smallest absolute Gasteiger partial charge is 0.284 e. The van der Waals surface area contributed by atoms with Crippen LogP contribution in [-0.4, -0.2) is 24.6 Å². The van der Waals surface area contributed by atoms with E-state index in [2.05, 4.69) is 4.72 Å². The minimum Gasteiger partial charge on any atom is -0.392 e. The summed E-state index contributed by atoms with van der Waals surface area (Å²) in [5, 5.41) is 18.7. The Kier molecular flexibility index (Phi) is 5.35. The van der Waals surface area contributed by atoms with Gasteiger partial charge in [-0.05, 0) is 40.8 Å². The number of benzene rings is 2. The fourth-order valence-corrected chi connectivity index (χ4v) is 4.53. The topological polar surface area (TPSA) is 116 Å². The third-order valence-electron chi connectivity index (χ3n) is 3.77. The summed E-state index contributed by atoms with van der Waals surface area (Å²) in [6, 6.07) is 13.1. The van der Waals surface area contributed by atoms with Crippen LogP contribution in [0.2, 0.25) is 0 Å². The first-order valence-corrected chi connectivity index (χ1v) is 9.89. The molecule has 2 aromatic carbocycles. The van der Waals surface area contributed by atoms with E-state index in [4.69, 9.17) is 10.3 Å². The minimum absolute atomic E-state index is 0.0844. The summed E-state index contributed by atoms with van der Waals surface area (Å²) in [7, 11) is -3.71. The van der Waals surface area contributed by atoms with E-state index in [1.807, 2.05) is 0 Å². The standard InChI is InChI=1S/C17H16N2O5S2/c20-10-12-2-1-3-14(6-12)26(23,24)18-9-11-4-5-13-8-16(17(21)19-22)25-15(13)7-11/h1-8,18,20,22H,9-10H2,(H,19,21). The van der Waals surface area contributed by atoms with Crippen LogP contribution in [-0.2, 0) is 23.2 Å². The molecule has 0 aliphatic rings. The Labute approximate surface area is 153 Å². The molecule has 1 amide bonds. The Bertz CT molecular complexity index is 1060. The largest absolute Gasteiger partial charge is 0.392 e. The molecule has 4 N–H and O–H groups in total. The molecule has 0 aliphatic carbocycles. The number of hydrogen-bond donors (Lipinski definition) is 4. The lowest BCUT2D eigenvalue weighted by atomic mass is 10.2. The number of amides is 1. The van der Waals surface area contributed by atoms with Gasteiger partial charge in [0, 0.05) is 11.2 Å². The maximum atomic E-state index is 12.4. The van der Waals surface area contributed by atoms with Gasteiger partial charge in [-0.2, -0.15) is 0 Å². The molecule has 0 aliphatic heterocycles. The Balaban J connectivity index is 1.79. The molecular formula is C17H16N2O5S2. The van der Waals surface area contributed by atoms with Crippen molar-refractivity contribution < 1.29 is 23.5 Å². The molecular weight excluding hydrogens is 376 g/mol. The molecule has 3 aromatic rings. The number of nitrogens with one attached hydrogen (secondary N) is 2. The molecule has 9 heteroatoms. The quantitative estimate of drug-likeness (QED) is 0.378. The third kappa shape index (κ3) is 3.92. The zero-order valence-corrected chi connectivity index (χ0v) is 15.1. The molecule has 3 rings (SSSR count). The highest BCUT2D eigenvalue weighted by Gasteiger charge is 2.15. The van der Waals surface area contributed by atoms with Crippen molar-refractivity contribution in [2.24, 2.45) is 0 Å². The maximum absolute atomic E-state index is 12.4. The van der Waals surface area contributed by atoms with E-state index < -0.39 is 15.9 Å². The molecule has 0 radical (unpaired) electrons. The van der Waals surface area contributed by atoms with Crippen molar-refractivity contribution in [2.75, 3.05) is 0 Å². The van der Waals surface area contributed by atoms with Crippen molar-refractivity contribution in [3.05, 3.63) is 64.5 Å². The second kappa shape index (κ2) is 7.52. The highest BCUT2D eigenvalue weighted by molar-refractivity contribution is 7.89. The Morgan fingerprint density at radius 3 is 2.62 bits per heavy atom. The first-order valence-electron chi connectivity index (χ1n) is 7.59. The number of aliphatic hydroxyl groups is 1. The summed E-state index contributed by atoms with van der Waals surface area (Å²) in [5.41, 5.74) is 2.84. The van der Waals surface area contributed by atoms with Crippen LogP contribution in [0, 0.1) is 0 Å². The molecule has 1 heterocycles. The van der Waals surface area contributed by atoms with Crippen LogP contribution in [0.3, 0.4) is 0 Å². The van der Waals surface area contributed by atoms with Crippen LogP contribution in [0.4, 0.5) is 0 Å². The fraction of sp³-hybridized carbons (Fsp3) is 0.118. The van der Waals surface area contributed by atoms with Crippen LogP contribution >= 0.6 is 11.3 Å². The van der Waals surface area contributed by atoms with Crippen molar-refractivity contribution in [3.8, 4) is 0 Å². The fourth-order valence-electron chi connectivity index (χ4n) is 2.43. The zero-order valence-electron chi connectivity index (χ0n) is 13.5. The molecule has 0 saturated heterocycles. The lowest BCUT2D eigenvalue weighted by Gasteiger charge is -2.08. The van der Waals surface area contributed by atoms with Crippen LogP contribution in [0.25, 0.3) is 10.1 Å². The highest BCUT2D eigenvalue weighted by atomic mass is 32.2. The van der Waals surface area contributed by atoms with Gasteiger partial charge in [0.2, 0.25) is 10.0 Å². The van der Waals surface area contributed by atoms with Crippen molar-refractivity contribution >= 4 is 37.4 Å². The normalized spacial score (nSPS) is 11.6. The summed E-state index contributed by atoms with van der Waals surface area (Å²) in [5.74, 6) is -0.586. The van der Waals surface area contributed by atoms with Crippen molar-refractivity contribution in [2.45, 2.75) is 18.0 Å². The molecule has 26 heavy (non-hydrogen) atoms. The summed E-state index contributed by atoms with van der Waals surface area (Å²) in [6.45, 7) is -0.150. The number of hydrogen-bond acceptors (Lipinski definition) is 6. The van der Waals surface area contributed by atoms with Crippen LogP contribution < -0.4 is 10.2 Å². The van der Waals surface area contributed by atoms with E-state index >= 15 is 0 Å². The van der Waals surface area contributed by atoms with E-state index in [-0.39, 0.29) is 18.0 Å². The summed E-state index contributed by atoms with van der Waals surface area (Å²) >= 11 is 1.20. The molecule has 0 saturated carbocycles. The van der Waals surface area contributed by atoms with Gasteiger partial charge in [-0.25, -0.2) is 18.6 Å².